The SMILES string of the molecule is O=C(NCc1ccccc1)c1cc(S(=O)(=O)N2CCc3ccc(S(=O)(=O)N4CCCCC4)cc3C2)c(O)c(O)c1O. The van der Waals surface area contributed by atoms with Crippen LogP contribution in [0.25, 0.3) is 0 Å². The molecule has 1 saturated heterocycles. The summed E-state index contributed by atoms with van der Waals surface area (Å²) in [6, 6.07) is 14.4. The van der Waals surface area contributed by atoms with Crippen molar-refractivity contribution in [2.24, 2.45) is 0 Å². The van der Waals surface area contributed by atoms with Crippen molar-refractivity contribution >= 4 is 26.0 Å². The highest BCUT2D eigenvalue weighted by Crippen LogP contribution is 2.43. The number of nitrogens with zero attached hydrogens (tertiary/aromatic N) is 2. The molecular formula is C28H31N3O8S2. The number of rotatable bonds is 7. The molecule has 3 aromatic carbocycles. The molecule has 0 unspecified atom stereocenters. The molecule has 0 atom stereocenters. The van der Waals surface area contributed by atoms with E-state index >= 15 is 0 Å². The highest BCUT2D eigenvalue weighted by Gasteiger charge is 2.35. The predicted octanol–water partition coefficient (Wildman–Crippen LogP) is 2.66. The lowest BCUT2D eigenvalue weighted by molar-refractivity contribution is 0.0947. The second-order valence-electron chi connectivity index (χ2n) is 10.1. The summed E-state index contributed by atoms with van der Waals surface area (Å²) in [7, 11) is -8.23. The van der Waals surface area contributed by atoms with E-state index in [0.717, 1.165) is 40.8 Å². The Labute approximate surface area is 238 Å². The summed E-state index contributed by atoms with van der Waals surface area (Å²) >= 11 is 0. The number of phenolic OH excluding ortho intramolecular Hbond substituents is 3. The minimum Gasteiger partial charge on any atom is -0.504 e. The molecule has 1 fully saturated rings. The molecule has 2 aliphatic rings. The fourth-order valence-electron chi connectivity index (χ4n) is 5.13. The zero-order valence-corrected chi connectivity index (χ0v) is 23.8. The molecule has 1 amide bonds. The molecule has 2 aliphatic heterocycles. The number of hydrogen-bond donors (Lipinski definition) is 4. The van der Waals surface area contributed by atoms with Gasteiger partial charge in [-0.25, -0.2) is 16.8 Å². The van der Waals surface area contributed by atoms with Gasteiger partial charge in [0.05, 0.1) is 10.5 Å². The molecule has 3 aromatic rings. The van der Waals surface area contributed by atoms with Gasteiger partial charge in [-0.1, -0.05) is 42.8 Å². The number of aromatic hydroxyl groups is 3. The van der Waals surface area contributed by atoms with Crippen LogP contribution in [0.5, 0.6) is 17.2 Å². The standard InChI is InChI=1S/C28H31N3O8S2/c32-25-23(28(35)29-17-19-7-3-1-4-8-19)16-24(26(33)27(25)34)41(38,39)31-14-11-20-9-10-22(15-21(20)18-31)40(36,37)30-12-5-2-6-13-30/h1,3-4,7-10,15-16,32-34H,2,5-6,11-14,17-18H2,(H,29,35). The summed E-state index contributed by atoms with van der Waals surface area (Å²) < 4.78 is 56.3. The van der Waals surface area contributed by atoms with Crippen LogP contribution < -0.4 is 5.32 Å². The van der Waals surface area contributed by atoms with Crippen LogP contribution in [0.4, 0.5) is 0 Å². The van der Waals surface area contributed by atoms with Crippen LogP contribution in [0, 0.1) is 0 Å². The second-order valence-corrected chi connectivity index (χ2v) is 14.0. The van der Waals surface area contributed by atoms with Crippen molar-refractivity contribution in [3.63, 3.8) is 0 Å². The van der Waals surface area contributed by atoms with Crippen LogP contribution >= 0.6 is 0 Å². The largest absolute Gasteiger partial charge is 0.504 e. The maximum Gasteiger partial charge on any atom is 0.255 e. The van der Waals surface area contributed by atoms with E-state index in [-0.39, 0.29) is 31.0 Å². The van der Waals surface area contributed by atoms with Crippen molar-refractivity contribution in [3.05, 3.63) is 76.9 Å². The molecule has 0 aliphatic carbocycles. The van der Waals surface area contributed by atoms with Gasteiger partial charge in [0.1, 0.15) is 4.90 Å². The monoisotopic (exact) mass is 601 g/mol. The average Bonchev–Trinajstić information content (AvgIpc) is 2.99. The number of fused-ring (bicyclic) bond motifs is 1. The normalized spacial score (nSPS) is 16.7. The predicted molar refractivity (Wildman–Crippen MR) is 149 cm³/mol. The van der Waals surface area contributed by atoms with Gasteiger partial charge >= 0.3 is 0 Å². The number of sulfonamides is 2. The third-order valence-electron chi connectivity index (χ3n) is 7.48. The minimum absolute atomic E-state index is 0.0180. The fraction of sp³-hybridized carbons (Fsp3) is 0.321. The van der Waals surface area contributed by atoms with Crippen LogP contribution in [0.2, 0.25) is 0 Å². The molecule has 0 radical (unpaired) electrons. The third kappa shape index (κ3) is 5.62. The third-order valence-corrected chi connectivity index (χ3v) is 11.2. The van der Waals surface area contributed by atoms with Crippen LogP contribution in [-0.2, 0) is 39.6 Å². The number of nitrogens with one attached hydrogen (secondary N) is 1. The number of benzene rings is 3. The molecule has 4 N–H and O–H groups in total. The maximum absolute atomic E-state index is 13.7. The van der Waals surface area contributed by atoms with E-state index in [0.29, 0.717) is 18.7 Å². The van der Waals surface area contributed by atoms with E-state index in [1.54, 1.807) is 36.4 Å². The van der Waals surface area contributed by atoms with Gasteiger partial charge in [-0.2, -0.15) is 8.61 Å². The smallest absolute Gasteiger partial charge is 0.255 e. The van der Waals surface area contributed by atoms with Gasteiger partial charge in [0.2, 0.25) is 25.8 Å². The van der Waals surface area contributed by atoms with Crippen molar-refractivity contribution < 1.29 is 36.9 Å². The number of carbonyl (C=O) groups is 1. The van der Waals surface area contributed by atoms with Crippen LogP contribution in [0.3, 0.4) is 0 Å². The Morgan fingerprint density at radius 2 is 1.46 bits per heavy atom. The molecule has 2 heterocycles. The van der Waals surface area contributed by atoms with E-state index < -0.39 is 53.7 Å². The Morgan fingerprint density at radius 1 is 0.756 bits per heavy atom. The van der Waals surface area contributed by atoms with Crippen molar-refractivity contribution in [1.82, 2.24) is 13.9 Å². The summed E-state index contributed by atoms with van der Waals surface area (Å²) in [6.07, 6.45) is 2.82. The molecule has 0 spiro atoms. The summed E-state index contributed by atoms with van der Waals surface area (Å²) in [5.74, 6) is -4.03. The molecule has 13 heteroatoms. The lowest BCUT2D eigenvalue weighted by Gasteiger charge is -2.30. The molecule has 0 aromatic heterocycles. The van der Waals surface area contributed by atoms with Crippen LogP contribution in [0.1, 0.15) is 46.3 Å². The van der Waals surface area contributed by atoms with Crippen LogP contribution in [0.15, 0.2) is 64.4 Å². The molecule has 11 nitrogen and oxygen atoms in total. The van der Waals surface area contributed by atoms with Crippen molar-refractivity contribution in [3.8, 4) is 17.2 Å². The molecule has 5 rings (SSSR count). The number of carbonyl (C=O) groups excluding carboxylic acids is 1. The molecular weight excluding hydrogens is 570 g/mol. The Kier molecular flexibility index (Phi) is 7.97. The zero-order chi connectivity index (χ0) is 29.4. The first-order valence-corrected chi connectivity index (χ1v) is 16.1. The van der Waals surface area contributed by atoms with Gasteiger partial charge in [-0.15, -0.1) is 0 Å². The van der Waals surface area contributed by atoms with Gasteiger partial charge in [-0.05, 0) is 54.2 Å². The zero-order valence-electron chi connectivity index (χ0n) is 22.2. The lowest BCUT2D eigenvalue weighted by Crippen LogP contribution is -2.37. The maximum atomic E-state index is 13.7. The first kappa shape index (κ1) is 28.9. The van der Waals surface area contributed by atoms with Gasteiger partial charge in [0, 0.05) is 32.7 Å². The molecule has 0 saturated carbocycles. The van der Waals surface area contributed by atoms with E-state index in [2.05, 4.69) is 5.32 Å². The van der Waals surface area contributed by atoms with Crippen molar-refractivity contribution in [2.75, 3.05) is 19.6 Å². The summed E-state index contributed by atoms with van der Waals surface area (Å²) in [5.41, 5.74) is 1.53. The van der Waals surface area contributed by atoms with Gasteiger partial charge in [0.15, 0.2) is 11.5 Å². The van der Waals surface area contributed by atoms with Crippen molar-refractivity contribution in [1.29, 1.82) is 0 Å². The Balaban J connectivity index is 1.42. The quantitative estimate of drug-likeness (QED) is 0.300. The second kappa shape index (κ2) is 11.3. The first-order valence-electron chi connectivity index (χ1n) is 13.2. The summed E-state index contributed by atoms with van der Waals surface area (Å²) in [5, 5.41) is 33.8. The van der Waals surface area contributed by atoms with Gasteiger partial charge in [-0.3, -0.25) is 4.79 Å². The van der Waals surface area contributed by atoms with E-state index in [4.69, 9.17) is 0 Å². The average molecular weight is 602 g/mol. The summed E-state index contributed by atoms with van der Waals surface area (Å²) in [6.45, 7) is 0.784. The van der Waals surface area contributed by atoms with E-state index in [9.17, 15) is 36.9 Å². The highest BCUT2D eigenvalue weighted by molar-refractivity contribution is 7.89. The van der Waals surface area contributed by atoms with Crippen LogP contribution in [-0.4, -0.2) is 66.3 Å². The first-order chi connectivity index (χ1) is 19.5. The fourth-order valence-corrected chi connectivity index (χ4v) is 8.23. The molecule has 218 valence electrons. The van der Waals surface area contributed by atoms with E-state index in [1.165, 1.54) is 16.4 Å². The Hall–Kier alpha value is -3.65. The Bertz CT molecular complexity index is 1690. The van der Waals surface area contributed by atoms with Gasteiger partial charge < -0.3 is 20.6 Å². The number of amides is 1. The summed E-state index contributed by atoms with van der Waals surface area (Å²) in [4.78, 5) is 12.2. The number of hydrogen-bond acceptors (Lipinski definition) is 8. The van der Waals surface area contributed by atoms with Gasteiger partial charge in [0.25, 0.3) is 5.91 Å². The molecule has 41 heavy (non-hydrogen) atoms. The van der Waals surface area contributed by atoms with Crippen molar-refractivity contribution in [2.45, 2.75) is 48.6 Å². The topological polar surface area (TPSA) is 165 Å². The molecule has 0 bridgehead atoms. The lowest BCUT2D eigenvalue weighted by atomic mass is 10.0. The highest BCUT2D eigenvalue weighted by atomic mass is 32.2. The Morgan fingerprint density at radius 3 is 2.17 bits per heavy atom. The number of phenols is 3. The minimum atomic E-state index is -4.49. The van der Waals surface area contributed by atoms with E-state index in [1.807, 2.05) is 0 Å². The number of piperidine rings is 1.